The lowest BCUT2D eigenvalue weighted by Gasteiger charge is -2.15. The minimum Gasteiger partial charge on any atom is -0.481 e. The number of nitrogens with one attached hydrogen (secondary N) is 1. The van der Waals surface area contributed by atoms with Gasteiger partial charge in [-0.1, -0.05) is 30.3 Å². The Kier molecular flexibility index (Phi) is 4.52. The monoisotopic (exact) mass is 281 g/mol. The number of carbonyl (C=O) groups is 1. The quantitative estimate of drug-likeness (QED) is 0.879. The molecule has 21 heavy (non-hydrogen) atoms. The third-order valence-corrected chi connectivity index (χ3v) is 3.13. The van der Waals surface area contributed by atoms with Gasteiger partial charge in [0.15, 0.2) is 0 Å². The summed E-state index contributed by atoms with van der Waals surface area (Å²) in [4.78, 5) is 15.7. The second-order valence-corrected chi connectivity index (χ2v) is 4.64. The maximum absolute atomic E-state index is 11.4. The number of carboxylic acids is 1. The molecule has 0 radical (unpaired) electrons. The molecule has 2 N–H and O–H groups in total. The number of nitrogens with zero attached hydrogens (tertiary/aromatic N) is 2. The van der Waals surface area contributed by atoms with E-state index >= 15 is 0 Å². The number of nitriles is 1. The molecule has 5 heteroatoms. The summed E-state index contributed by atoms with van der Waals surface area (Å²) in [6.45, 7) is 1.99. The summed E-state index contributed by atoms with van der Waals surface area (Å²) in [5, 5.41) is 21.4. The fourth-order valence-electron chi connectivity index (χ4n) is 2.01. The van der Waals surface area contributed by atoms with Gasteiger partial charge >= 0.3 is 5.97 Å². The molecule has 1 aromatic carbocycles. The highest BCUT2D eigenvalue weighted by molar-refractivity contribution is 5.77. The first kappa shape index (κ1) is 14.5. The predicted octanol–water partition coefficient (Wildman–Crippen LogP) is 2.54. The van der Waals surface area contributed by atoms with E-state index in [4.69, 9.17) is 5.26 Å². The number of rotatable bonds is 5. The average Bonchev–Trinajstić information content (AvgIpc) is 2.48. The van der Waals surface area contributed by atoms with Gasteiger partial charge in [-0.2, -0.15) is 5.26 Å². The summed E-state index contributed by atoms with van der Waals surface area (Å²) >= 11 is 0. The highest BCUT2D eigenvalue weighted by Gasteiger charge is 2.20. The summed E-state index contributed by atoms with van der Waals surface area (Å²) in [5.74, 6) is -1.19. The van der Waals surface area contributed by atoms with Crippen molar-refractivity contribution in [1.29, 1.82) is 5.26 Å². The summed E-state index contributed by atoms with van der Waals surface area (Å²) in [6, 6.07) is 14.4. The zero-order chi connectivity index (χ0) is 15.2. The van der Waals surface area contributed by atoms with Crippen LogP contribution in [0.5, 0.6) is 0 Å². The number of aryl methyl sites for hydroxylation is 1. The lowest BCUT2D eigenvalue weighted by Crippen LogP contribution is -2.21. The maximum Gasteiger partial charge on any atom is 0.312 e. The second kappa shape index (κ2) is 6.53. The molecule has 0 aliphatic carbocycles. The van der Waals surface area contributed by atoms with Gasteiger partial charge in [-0.15, -0.1) is 0 Å². The molecule has 2 aromatic rings. The van der Waals surface area contributed by atoms with Crippen molar-refractivity contribution in [2.75, 3.05) is 11.9 Å². The molecule has 1 unspecified atom stereocenters. The van der Waals surface area contributed by atoms with Gasteiger partial charge in [-0.25, -0.2) is 4.98 Å². The molecular weight excluding hydrogens is 266 g/mol. The molecule has 1 aromatic heterocycles. The molecular formula is C16H15N3O2. The highest BCUT2D eigenvalue weighted by atomic mass is 16.4. The fourth-order valence-corrected chi connectivity index (χ4v) is 2.01. The standard InChI is InChI=1S/C16H15N3O2/c1-11-7-8-13(9-17)15(19-11)18-10-14(16(20)21)12-5-3-2-4-6-12/h2-8,14H,10H2,1H3,(H,18,19)(H,20,21). The molecule has 0 aliphatic heterocycles. The van der Waals surface area contributed by atoms with Crippen molar-refractivity contribution in [1.82, 2.24) is 4.98 Å². The Bertz CT molecular complexity index is 678. The van der Waals surface area contributed by atoms with Crippen LogP contribution in [0.2, 0.25) is 0 Å². The van der Waals surface area contributed by atoms with Crippen molar-refractivity contribution < 1.29 is 9.90 Å². The summed E-state index contributed by atoms with van der Waals surface area (Å²) in [7, 11) is 0. The van der Waals surface area contributed by atoms with E-state index in [0.717, 1.165) is 5.69 Å². The second-order valence-electron chi connectivity index (χ2n) is 4.64. The molecule has 1 atom stereocenters. The third kappa shape index (κ3) is 3.57. The SMILES string of the molecule is Cc1ccc(C#N)c(NCC(C(=O)O)c2ccccc2)n1. The van der Waals surface area contributed by atoms with Crippen molar-refractivity contribution in [3.05, 3.63) is 59.3 Å². The smallest absolute Gasteiger partial charge is 0.312 e. The minimum absolute atomic E-state index is 0.171. The van der Waals surface area contributed by atoms with E-state index in [1.807, 2.05) is 19.1 Å². The Morgan fingerprint density at radius 2 is 2.05 bits per heavy atom. The van der Waals surface area contributed by atoms with Crippen molar-refractivity contribution in [3.63, 3.8) is 0 Å². The van der Waals surface area contributed by atoms with E-state index < -0.39 is 11.9 Å². The van der Waals surface area contributed by atoms with E-state index in [9.17, 15) is 9.90 Å². The van der Waals surface area contributed by atoms with Crippen molar-refractivity contribution in [2.45, 2.75) is 12.8 Å². The number of benzene rings is 1. The zero-order valence-electron chi connectivity index (χ0n) is 11.6. The minimum atomic E-state index is -0.917. The van der Waals surface area contributed by atoms with Crippen LogP contribution in [-0.2, 0) is 4.79 Å². The van der Waals surface area contributed by atoms with E-state index in [0.29, 0.717) is 16.9 Å². The first-order valence-electron chi connectivity index (χ1n) is 6.51. The molecule has 2 rings (SSSR count). The summed E-state index contributed by atoms with van der Waals surface area (Å²) in [5.41, 5.74) is 1.88. The Balaban J connectivity index is 2.19. The molecule has 0 spiro atoms. The normalized spacial score (nSPS) is 11.4. The van der Waals surface area contributed by atoms with E-state index in [-0.39, 0.29) is 6.54 Å². The predicted molar refractivity (Wildman–Crippen MR) is 79.0 cm³/mol. The molecule has 0 saturated heterocycles. The molecule has 0 saturated carbocycles. The van der Waals surface area contributed by atoms with Crippen LogP contribution >= 0.6 is 0 Å². The van der Waals surface area contributed by atoms with Gasteiger partial charge in [0.05, 0.1) is 11.5 Å². The van der Waals surface area contributed by atoms with E-state index in [1.165, 1.54) is 0 Å². The van der Waals surface area contributed by atoms with Crippen LogP contribution in [0, 0.1) is 18.3 Å². The first-order valence-corrected chi connectivity index (χ1v) is 6.51. The molecule has 0 bridgehead atoms. The van der Waals surface area contributed by atoms with Crippen molar-refractivity contribution >= 4 is 11.8 Å². The van der Waals surface area contributed by atoms with Crippen LogP contribution in [0.15, 0.2) is 42.5 Å². The van der Waals surface area contributed by atoms with Crippen LogP contribution in [0.25, 0.3) is 0 Å². The van der Waals surface area contributed by atoms with Crippen LogP contribution in [-0.4, -0.2) is 22.6 Å². The van der Waals surface area contributed by atoms with E-state index in [1.54, 1.807) is 36.4 Å². The van der Waals surface area contributed by atoms with Crippen molar-refractivity contribution in [2.24, 2.45) is 0 Å². The molecule has 0 aliphatic rings. The maximum atomic E-state index is 11.4. The average molecular weight is 281 g/mol. The molecule has 106 valence electrons. The van der Waals surface area contributed by atoms with Crippen LogP contribution in [0.4, 0.5) is 5.82 Å². The fraction of sp³-hybridized carbons (Fsp3) is 0.188. The zero-order valence-corrected chi connectivity index (χ0v) is 11.6. The molecule has 0 fully saturated rings. The topological polar surface area (TPSA) is 86.0 Å². The largest absolute Gasteiger partial charge is 0.481 e. The van der Waals surface area contributed by atoms with Gasteiger partial charge in [-0.3, -0.25) is 4.79 Å². The lowest BCUT2D eigenvalue weighted by molar-refractivity contribution is -0.138. The van der Waals surface area contributed by atoms with Gasteiger partial charge in [-0.05, 0) is 24.6 Å². The number of aromatic nitrogens is 1. The number of hydrogen-bond donors (Lipinski definition) is 2. The first-order chi connectivity index (χ1) is 10.1. The van der Waals surface area contributed by atoms with Crippen molar-refractivity contribution in [3.8, 4) is 6.07 Å². The number of carboxylic acid groups (broad SMARTS) is 1. The van der Waals surface area contributed by atoms with Crippen LogP contribution in [0.3, 0.4) is 0 Å². The number of aliphatic carboxylic acids is 1. The summed E-state index contributed by atoms with van der Waals surface area (Å²) < 4.78 is 0. The van der Waals surface area contributed by atoms with Gasteiger partial charge in [0.2, 0.25) is 0 Å². The Morgan fingerprint density at radius 3 is 2.67 bits per heavy atom. The molecule has 1 heterocycles. The highest BCUT2D eigenvalue weighted by Crippen LogP contribution is 2.18. The van der Waals surface area contributed by atoms with Gasteiger partial charge in [0.1, 0.15) is 11.9 Å². The Morgan fingerprint density at radius 1 is 1.33 bits per heavy atom. The molecule has 0 amide bonds. The Hall–Kier alpha value is -2.87. The molecule has 5 nitrogen and oxygen atoms in total. The Labute approximate surface area is 122 Å². The number of pyridine rings is 1. The summed E-state index contributed by atoms with van der Waals surface area (Å²) in [6.07, 6.45) is 0. The third-order valence-electron chi connectivity index (χ3n) is 3.13. The van der Waals surface area contributed by atoms with Gasteiger partial charge < -0.3 is 10.4 Å². The number of anilines is 1. The van der Waals surface area contributed by atoms with Gasteiger partial charge in [0.25, 0.3) is 0 Å². The number of hydrogen-bond acceptors (Lipinski definition) is 4. The van der Waals surface area contributed by atoms with E-state index in [2.05, 4.69) is 10.3 Å². The van der Waals surface area contributed by atoms with Gasteiger partial charge in [0, 0.05) is 12.2 Å². The van der Waals surface area contributed by atoms with Crippen LogP contribution < -0.4 is 5.32 Å². The lowest BCUT2D eigenvalue weighted by atomic mass is 9.99. The van der Waals surface area contributed by atoms with Crippen LogP contribution in [0.1, 0.15) is 22.7 Å².